The van der Waals surface area contributed by atoms with Crippen LogP contribution in [-0.2, 0) is 0 Å². The van der Waals surface area contributed by atoms with Crippen LogP contribution < -0.4 is 9.80 Å². The fraction of sp³-hybridized carbons (Fsp3) is 0.0769. The fourth-order valence-corrected chi connectivity index (χ4v) is 7.86. The maximum absolute atomic E-state index is 7.54. The molecule has 0 aliphatic carbocycles. The van der Waals surface area contributed by atoms with Crippen molar-refractivity contribution in [1.82, 2.24) is 0 Å². The summed E-state index contributed by atoms with van der Waals surface area (Å²) >= 11 is 15.9. The van der Waals surface area contributed by atoms with E-state index in [9.17, 15) is 0 Å². The van der Waals surface area contributed by atoms with Crippen LogP contribution in [0.3, 0.4) is 0 Å². The van der Waals surface area contributed by atoms with Gasteiger partial charge in [0.25, 0.3) is 0 Å². The highest BCUT2D eigenvalue weighted by Crippen LogP contribution is 2.49. The van der Waals surface area contributed by atoms with Crippen LogP contribution >= 0.6 is 34.5 Å². The summed E-state index contributed by atoms with van der Waals surface area (Å²) in [5.41, 5.74) is 9.45. The Morgan fingerprint density at radius 2 is 1.11 bits per heavy atom. The highest BCUT2D eigenvalue weighted by atomic mass is 35.5. The quantitative estimate of drug-likeness (QED) is 0.181. The highest BCUT2D eigenvalue weighted by Gasteiger charge is 2.24. The van der Waals surface area contributed by atoms with Crippen LogP contribution in [-0.4, -0.2) is 0 Å². The lowest BCUT2D eigenvalue weighted by atomic mass is 10.0. The Balaban J connectivity index is 1.46. The molecule has 0 aliphatic heterocycles. The summed E-state index contributed by atoms with van der Waals surface area (Å²) in [6.45, 7) is 6.44. The monoisotopic (exact) mass is 628 g/mol. The van der Waals surface area contributed by atoms with Crippen LogP contribution in [0.1, 0.15) is 16.7 Å². The minimum Gasteiger partial charge on any atom is -0.309 e. The smallest absolute Gasteiger partial charge is 0.0887 e. The van der Waals surface area contributed by atoms with Gasteiger partial charge in [-0.05, 0) is 92.6 Å². The average molecular weight is 630 g/mol. The van der Waals surface area contributed by atoms with Gasteiger partial charge in [0.05, 0.1) is 22.1 Å². The van der Waals surface area contributed by atoms with Crippen LogP contribution in [0, 0.1) is 20.8 Å². The number of thiophene rings is 1. The van der Waals surface area contributed by atoms with Gasteiger partial charge in [0, 0.05) is 42.3 Å². The normalized spacial score (nSPS) is 11.3. The van der Waals surface area contributed by atoms with E-state index in [4.69, 9.17) is 23.2 Å². The van der Waals surface area contributed by atoms with Crippen molar-refractivity contribution in [2.75, 3.05) is 9.80 Å². The number of fused-ring (bicyclic) bond motifs is 3. The van der Waals surface area contributed by atoms with Crippen LogP contribution in [0.4, 0.5) is 34.1 Å². The van der Waals surface area contributed by atoms with E-state index in [1.165, 1.54) is 36.9 Å². The lowest BCUT2D eigenvalue weighted by molar-refractivity contribution is 1.20. The van der Waals surface area contributed by atoms with Crippen LogP contribution in [0.25, 0.3) is 20.2 Å². The predicted molar refractivity (Wildman–Crippen MR) is 193 cm³/mol. The van der Waals surface area contributed by atoms with E-state index in [1.807, 2.05) is 35.6 Å². The summed E-state index contributed by atoms with van der Waals surface area (Å²) in [7, 11) is 0. The van der Waals surface area contributed by atoms with Crippen molar-refractivity contribution in [3.05, 3.63) is 154 Å². The Hall–Kier alpha value is -4.28. The number of rotatable bonds is 6. The molecule has 7 aromatic rings. The minimum atomic E-state index is 0.646. The molecule has 1 aromatic heterocycles. The second-order valence-electron chi connectivity index (χ2n) is 11.1. The third-order valence-corrected chi connectivity index (χ3v) is 9.76. The first kappa shape index (κ1) is 28.5. The summed E-state index contributed by atoms with van der Waals surface area (Å²) in [4.78, 5) is 4.49. The number of halogens is 2. The Bertz CT molecular complexity index is 2130. The lowest BCUT2D eigenvalue weighted by Gasteiger charge is -2.32. The Morgan fingerprint density at radius 1 is 0.500 bits per heavy atom. The van der Waals surface area contributed by atoms with Crippen LogP contribution in [0.15, 0.2) is 127 Å². The molecule has 6 aromatic carbocycles. The molecule has 0 N–H and O–H groups in total. The predicted octanol–water partition coefficient (Wildman–Crippen LogP) is 13.2. The lowest BCUT2D eigenvalue weighted by Crippen LogP contribution is -2.16. The van der Waals surface area contributed by atoms with Crippen molar-refractivity contribution in [2.24, 2.45) is 0 Å². The first-order valence-corrected chi connectivity index (χ1v) is 16.1. The molecule has 0 fully saturated rings. The SMILES string of the molecule is Cc1cc(C)c(N(c2cccc(Cl)c2)c2cccc(N(c3ccccc3)c3ccc4c(c3)sc3ccccc34)c2Cl)c(C)c1. The number of anilines is 6. The number of para-hydroxylation sites is 1. The second-order valence-corrected chi connectivity index (χ2v) is 13.0. The fourth-order valence-electron chi connectivity index (χ4n) is 6.24. The van der Waals surface area contributed by atoms with E-state index in [2.05, 4.69) is 134 Å². The molecule has 2 nitrogen and oxygen atoms in total. The van der Waals surface area contributed by atoms with Crippen molar-refractivity contribution >= 4 is 88.8 Å². The van der Waals surface area contributed by atoms with Crippen molar-refractivity contribution < 1.29 is 0 Å². The van der Waals surface area contributed by atoms with E-state index < -0.39 is 0 Å². The number of nitrogens with zero attached hydrogens (tertiary/aromatic N) is 2. The molecular weight excluding hydrogens is 599 g/mol. The largest absolute Gasteiger partial charge is 0.309 e. The first-order chi connectivity index (χ1) is 21.4. The molecule has 44 heavy (non-hydrogen) atoms. The summed E-state index contributed by atoms with van der Waals surface area (Å²) in [5, 5.41) is 3.86. The third kappa shape index (κ3) is 5.11. The molecule has 5 heteroatoms. The van der Waals surface area contributed by atoms with E-state index in [0.717, 1.165) is 34.1 Å². The van der Waals surface area contributed by atoms with Gasteiger partial charge in [-0.3, -0.25) is 0 Å². The maximum atomic E-state index is 7.54. The zero-order valence-electron chi connectivity index (χ0n) is 24.7. The van der Waals surface area contributed by atoms with Gasteiger partial charge < -0.3 is 9.80 Å². The molecular formula is C39H30Cl2N2S. The first-order valence-electron chi connectivity index (χ1n) is 14.6. The van der Waals surface area contributed by atoms with Gasteiger partial charge in [0.2, 0.25) is 0 Å². The molecule has 216 valence electrons. The Labute approximate surface area is 272 Å². The van der Waals surface area contributed by atoms with Crippen LogP contribution in [0.2, 0.25) is 10.0 Å². The summed E-state index contributed by atoms with van der Waals surface area (Å²) in [6, 6.07) is 44.4. The molecule has 0 unspecified atom stereocenters. The van der Waals surface area contributed by atoms with Gasteiger partial charge >= 0.3 is 0 Å². The highest BCUT2D eigenvalue weighted by molar-refractivity contribution is 7.25. The standard InChI is InChI=1S/C39H30Cl2N2S/c1-25-21-26(2)39(27(3)22-25)43(30-14-9-11-28(40)23-30)35-17-10-16-34(38(35)41)42(29-12-5-4-6-13-29)31-19-20-33-32-15-7-8-18-36(32)44-37(33)24-31/h4-24H,1-3H3. The summed E-state index contributed by atoms with van der Waals surface area (Å²) in [6.07, 6.45) is 0. The molecule has 0 amide bonds. The maximum Gasteiger partial charge on any atom is 0.0887 e. The van der Waals surface area contributed by atoms with E-state index in [0.29, 0.717) is 10.0 Å². The molecule has 1 heterocycles. The molecule has 7 rings (SSSR count). The Morgan fingerprint density at radius 3 is 1.86 bits per heavy atom. The zero-order chi connectivity index (χ0) is 30.4. The average Bonchev–Trinajstić information content (AvgIpc) is 3.39. The molecule has 0 radical (unpaired) electrons. The van der Waals surface area contributed by atoms with Crippen molar-refractivity contribution in [2.45, 2.75) is 20.8 Å². The van der Waals surface area contributed by atoms with Gasteiger partial charge in [0.1, 0.15) is 0 Å². The molecule has 0 saturated carbocycles. The van der Waals surface area contributed by atoms with E-state index >= 15 is 0 Å². The topological polar surface area (TPSA) is 6.48 Å². The molecule has 0 saturated heterocycles. The van der Waals surface area contributed by atoms with Gasteiger partial charge in [-0.15, -0.1) is 11.3 Å². The van der Waals surface area contributed by atoms with Gasteiger partial charge in [-0.1, -0.05) is 95.5 Å². The van der Waals surface area contributed by atoms with Crippen LogP contribution in [0.5, 0.6) is 0 Å². The van der Waals surface area contributed by atoms with Gasteiger partial charge in [-0.25, -0.2) is 0 Å². The van der Waals surface area contributed by atoms with E-state index in [1.54, 1.807) is 0 Å². The van der Waals surface area contributed by atoms with E-state index in [-0.39, 0.29) is 0 Å². The Kier molecular flexibility index (Phi) is 7.55. The van der Waals surface area contributed by atoms with Crippen molar-refractivity contribution in [3.8, 4) is 0 Å². The number of aryl methyl sites for hydroxylation is 3. The third-order valence-electron chi connectivity index (χ3n) is 8.00. The number of benzene rings is 6. The molecule has 0 bridgehead atoms. The zero-order valence-corrected chi connectivity index (χ0v) is 27.0. The number of hydrogen-bond donors (Lipinski definition) is 0. The summed E-state index contributed by atoms with van der Waals surface area (Å²) < 4.78 is 2.52. The second kappa shape index (κ2) is 11.7. The molecule has 0 spiro atoms. The summed E-state index contributed by atoms with van der Waals surface area (Å²) in [5.74, 6) is 0. The molecule has 0 aliphatic rings. The number of hydrogen-bond acceptors (Lipinski definition) is 3. The molecule has 0 atom stereocenters. The van der Waals surface area contributed by atoms with Gasteiger partial charge in [-0.2, -0.15) is 0 Å². The van der Waals surface area contributed by atoms with Crippen molar-refractivity contribution in [3.63, 3.8) is 0 Å². The van der Waals surface area contributed by atoms with Crippen molar-refractivity contribution in [1.29, 1.82) is 0 Å². The van der Waals surface area contributed by atoms with Gasteiger partial charge in [0.15, 0.2) is 0 Å². The minimum absolute atomic E-state index is 0.646.